The Labute approximate surface area is 369 Å². The van der Waals surface area contributed by atoms with Crippen LogP contribution in [0.1, 0.15) is 11.6 Å². The Kier molecular flexibility index (Phi) is 8.79. The number of fused-ring (bicyclic) bond motifs is 6. The average Bonchev–Trinajstić information content (AvgIpc) is 3.86. The van der Waals surface area contributed by atoms with Gasteiger partial charge in [-0.15, -0.1) is 0 Å². The van der Waals surface area contributed by atoms with E-state index in [1.807, 2.05) is 26.0 Å². The summed E-state index contributed by atoms with van der Waals surface area (Å²) in [6.45, 7) is 3.83. The summed E-state index contributed by atoms with van der Waals surface area (Å²) in [5.74, 6) is 2.69. The van der Waals surface area contributed by atoms with Gasteiger partial charge >= 0.3 is 0 Å². The molecule has 0 unspecified atom stereocenters. The Morgan fingerprint density at radius 1 is 0.312 bits per heavy atom. The Hall–Kier alpha value is -8.55. The highest BCUT2D eigenvalue weighted by Crippen LogP contribution is 2.45. The van der Waals surface area contributed by atoms with E-state index < -0.39 is 0 Å². The molecule has 0 aliphatic heterocycles. The van der Waals surface area contributed by atoms with Crippen LogP contribution in [-0.4, -0.2) is 34.1 Å². The lowest BCUT2D eigenvalue weighted by Gasteiger charge is -2.21. The molecule has 0 atom stereocenters. The minimum Gasteiger partial charge on any atom is -0.309 e. The molecule has 7 heteroatoms. The highest BCUT2D eigenvalue weighted by molar-refractivity contribution is 6.12. The molecule has 12 aromatic rings. The number of benzene rings is 8. The van der Waals surface area contributed by atoms with E-state index in [1.165, 1.54) is 10.8 Å². The minimum absolute atomic E-state index is 0.637. The SMILES string of the molecule is Cc1nc(C)nc(-c2ccc3c(c2)c2ccccc2n3-c2cccc(-c3nc(-c4ccccc4)cc(-c4ccccc4)n3)c2-c2ccccc2-n2c3ccccc3c3ccccc32)n1. The largest absolute Gasteiger partial charge is 0.309 e. The third-order valence-electron chi connectivity index (χ3n) is 12.2. The Morgan fingerprint density at radius 2 is 0.781 bits per heavy atom. The minimum atomic E-state index is 0.637. The van der Waals surface area contributed by atoms with Gasteiger partial charge in [0.1, 0.15) is 11.6 Å². The maximum atomic E-state index is 5.44. The van der Waals surface area contributed by atoms with Crippen molar-refractivity contribution in [2.45, 2.75) is 13.8 Å². The highest BCUT2D eigenvalue weighted by Gasteiger charge is 2.25. The van der Waals surface area contributed by atoms with E-state index in [0.717, 1.165) is 89.0 Å². The van der Waals surface area contributed by atoms with Crippen molar-refractivity contribution in [3.05, 3.63) is 212 Å². The second-order valence-corrected chi connectivity index (χ2v) is 16.1. The Morgan fingerprint density at radius 3 is 1.39 bits per heavy atom. The topological polar surface area (TPSA) is 74.3 Å². The summed E-state index contributed by atoms with van der Waals surface area (Å²) >= 11 is 0. The van der Waals surface area contributed by atoms with Crippen LogP contribution >= 0.6 is 0 Å². The third kappa shape index (κ3) is 6.16. The Bertz CT molecular complexity index is 3620. The first-order valence-corrected chi connectivity index (χ1v) is 21.5. The molecule has 8 aromatic carbocycles. The van der Waals surface area contributed by atoms with Crippen LogP contribution in [0, 0.1) is 13.8 Å². The van der Waals surface area contributed by atoms with Gasteiger partial charge in [0.2, 0.25) is 0 Å². The van der Waals surface area contributed by atoms with E-state index in [1.54, 1.807) is 0 Å². The van der Waals surface area contributed by atoms with Crippen molar-refractivity contribution in [1.29, 1.82) is 0 Å². The molecule has 0 bridgehead atoms. The second-order valence-electron chi connectivity index (χ2n) is 16.1. The summed E-state index contributed by atoms with van der Waals surface area (Å²) in [5.41, 5.74) is 14.1. The fourth-order valence-corrected chi connectivity index (χ4v) is 9.46. The van der Waals surface area contributed by atoms with Crippen molar-refractivity contribution in [3.63, 3.8) is 0 Å². The van der Waals surface area contributed by atoms with Gasteiger partial charge in [-0.2, -0.15) is 0 Å². The fraction of sp³-hybridized carbons (Fsp3) is 0.0351. The normalized spacial score (nSPS) is 11.6. The van der Waals surface area contributed by atoms with E-state index in [-0.39, 0.29) is 0 Å². The lowest BCUT2D eigenvalue weighted by molar-refractivity contribution is 0.929. The van der Waals surface area contributed by atoms with Gasteiger partial charge in [0.25, 0.3) is 0 Å². The van der Waals surface area contributed by atoms with Gasteiger partial charge in [0.05, 0.1) is 44.8 Å². The highest BCUT2D eigenvalue weighted by atomic mass is 15.0. The number of hydrogen-bond acceptors (Lipinski definition) is 5. The van der Waals surface area contributed by atoms with Crippen LogP contribution < -0.4 is 0 Å². The number of aryl methyl sites for hydroxylation is 2. The predicted molar refractivity (Wildman–Crippen MR) is 261 cm³/mol. The summed E-state index contributed by atoms with van der Waals surface area (Å²) in [6, 6.07) is 70.7. The van der Waals surface area contributed by atoms with Crippen LogP contribution in [-0.2, 0) is 0 Å². The number of nitrogens with zero attached hydrogens (tertiary/aromatic N) is 7. The lowest BCUT2D eigenvalue weighted by atomic mass is 9.94. The summed E-state index contributed by atoms with van der Waals surface area (Å²) in [7, 11) is 0. The standard InChI is InChI=1S/C57H39N7/c1-36-58-37(2)60-56(59-36)40-32-33-53-46(34-40)43-24-11-15-29-51(43)64(53)54-31-17-26-45(57-61-47(38-18-5-3-6-19-38)35-48(62-57)39-20-7-4-8-21-39)55(54)44-25-12-16-30-52(44)63-49-27-13-9-22-41(49)42-23-10-14-28-50(42)63/h3-35H,1-2H3. The first-order valence-electron chi connectivity index (χ1n) is 21.5. The first-order chi connectivity index (χ1) is 31.6. The van der Waals surface area contributed by atoms with Gasteiger partial charge in [-0.05, 0) is 68.4 Å². The van der Waals surface area contributed by atoms with Crippen LogP contribution in [0.5, 0.6) is 0 Å². The maximum absolute atomic E-state index is 5.44. The maximum Gasteiger partial charge on any atom is 0.163 e. The number of aromatic nitrogens is 7. The van der Waals surface area contributed by atoms with Crippen molar-refractivity contribution in [3.8, 4) is 67.8 Å². The zero-order valence-corrected chi connectivity index (χ0v) is 35.2. The van der Waals surface area contributed by atoms with Crippen molar-refractivity contribution in [2.24, 2.45) is 0 Å². The number of para-hydroxylation sites is 4. The molecule has 7 nitrogen and oxygen atoms in total. The molecular formula is C57H39N7. The van der Waals surface area contributed by atoms with Crippen LogP contribution in [0.2, 0.25) is 0 Å². The van der Waals surface area contributed by atoms with Crippen molar-refractivity contribution in [1.82, 2.24) is 34.1 Å². The van der Waals surface area contributed by atoms with Gasteiger partial charge in [-0.3, -0.25) is 0 Å². The van der Waals surface area contributed by atoms with E-state index in [0.29, 0.717) is 23.3 Å². The molecule has 0 aliphatic carbocycles. The molecule has 0 amide bonds. The molecule has 0 N–H and O–H groups in total. The quantitative estimate of drug-likeness (QED) is 0.160. The predicted octanol–water partition coefficient (Wildman–Crippen LogP) is 13.8. The molecule has 12 rings (SSSR count). The fourth-order valence-electron chi connectivity index (χ4n) is 9.46. The van der Waals surface area contributed by atoms with Crippen molar-refractivity contribution in [2.75, 3.05) is 0 Å². The van der Waals surface area contributed by atoms with Gasteiger partial charge < -0.3 is 9.13 Å². The molecule has 4 heterocycles. The molecule has 0 aliphatic rings. The molecule has 0 saturated carbocycles. The smallest absolute Gasteiger partial charge is 0.163 e. The van der Waals surface area contributed by atoms with E-state index in [2.05, 4.69) is 202 Å². The molecule has 0 spiro atoms. The molecule has 302 valence electrons. The van der Waals surface area contributed by atoms with Crippen LogP contribution in [0.3, 0.4) is 0 Å². The average molecular weight is 822 g/mol. The molecule has 4 aromatic heterocycles. The lowest BCUT2D eigenvalue weighted by Crippen LogP contribution is -2.04. The Balaban J connectivity index is 1.20. The summed E-state index contributed by atoms with van der Waals surface area (Å²) < 4.78 is 4.81. The van der Waals surface area contributed by atoms with Crippen LogP contribution in [0.15, 0.2) is 200 Å². The zero-order chi connectivity index (χ0) is 42.7. The molecule has 0 fully saturated rings. The molecule has 64 heavy (non-hydrogen) atoms. The first kappa shape index (κ1) is 37.2. The molecule has 0 radical (unpaired) electrons. The van der Waals surface area contributed by atoms with Gasteiger partial charge in [0, 0.05) is 54.9 Å². The zero-order valence-electron chi connectivity index (χ0n) is 35.2. The third-order valence-corrected chi connectivity index (χ3v) is 12.2. The van der Waals surface area contributed by atoms with Crippen molar-refractivity contribution < 1.29 is 0 Å². The molecular weight excluding hydrogens is 783 g/mol. The van der Waals surface area contributed by atoms with E-state index in [4.69, 9.17) is 19.9 Å². The van der Waals surface area contributed by atoms with E-state index in [9.17, 15) is 0 Å². The van der Waals surface area contributed by atoms with Gasteiger partial charge in [-0.25, -0.2) is 24.9 Å². The monoisotopic (exact) mass is 821 g/mol. The molecule has 0 saturated heterocycles. The number of rotatable bonds is 7. The van der Waals surface area contributed by atoms with Gasteiger partial charge in [-0.1, -0.05) is 146 Å². The summed E-state index contributed by atoms with van der Waals surface area (Å²) in [5, 5.41) is 4.64. The van der Waals surface area contributed by atoms with Crippen LogP contribution in [0.4, 0.5) is 0 Å². The van der Waals surface area contributed by atoms with Gasteiger partial charge in [0.15, 0.2) is 11.6 Å². The second kappa shape index (κ2) is 15.1. The number of hydrogen-bond donors (Lipinski definition) is 0. The summed E-state index contributed by atoms with van der Waals surface area (Å²) in [4.78, 5) is 24.8. The van der Waals surface area contributed by atoms with Crippen LogP contribution in [0.25, 0.3) is 111 Å². The summed E-state index contributed by atoms with van der Waals surface area (Å²) in [6.07, 6.45) is 0. The van der Waals surface area contributed by atoms with Crippen molar-refractivity contribution >= 4 is 43.6 Å². The van der Waals surface area contributed by atoms with E-state index >= 15 is 0 Å².